The first-order valence-corrected chi connectivity index (χ1v) is 8.91. The number of hydrogen-bond donors (Lipinski definition) is 1. The summed E-state index contributed by atoms with van der Waals surface area (Å²) in [6.45, 7) is 5.13. The standard InChI is InChI=1S/C22H23NO5/c1-14-5-10-18-17(11-14)23(13-22(2,3)21(25)26)20(24)19(28-18)12-15-6-8-16(27-4)9-7-15/h5-12H,13H2,1-4H3,(H,25,26)/b19-12+. The second-order valence-corrected chi connectivity index (χ2v) is 7.44. The van der Waals surface area contributed by atoms with E-state index in [0.29, 0.717) is 17.2 Å². The number of aryl methyl sites for hydroxylation is 1. The van der Waals surface area contributed by atoms with Crippen LogP contribution >= 0.6 is 0 Å². The Hall–Kier alpha value is -3.28. The molecule has 0 aromatic heterocycles. The molecule has 0 atom stereocenters. The maximum atomic E-state index is 13.1. The summed E-state index contributed by atoms with van der Waals surface area (Å²) in [6, 6.07) is 12.7. The summed E-state index contributed by atoms with van der Waals surface area (Å²) in [6.07, 6.45) is 1.64. The predicted octanol–water partition coefficient (Wildman–Crippen LogP) is 3.88. The van der Waals surface area contributed by atoms with E-state index in [1.165, 1.54) is 4.90 Å². The van der Waals surface area contributed by atoms with Crippen molar-refractivity contribution in [2.24, 2.45) is 5.41 Å². The van der Waals surface area contributed by atoms with E-state index in [1.807, 2.05) is 31.2 Å². The molecule has 2 aromatic carbocycles. The highest BCUT2D eigenvalue weighted by Crippen LogP contribution is 2.38. The van der Waals surface area contributed by atoms with Crippen molar-refractivity contribution in [2.75, 3.05) is 18.6 Å². The van der Waals surface area contributed by atoms with E-state index >= 15 is 0 Å². The minimum atomic E-state index is -1.11. The Balaban J connectivity index is 2.03. The van der Waals surface area contributed by atoms with Gasteiger partial charge in [-0.25, -0.2) is 0 Å². The predicted molar refractivity (Wildman–Crippen MR) is 107 cm³/mol. The molecule has 0 bridgehead atoms. The molecule has 0 spiro atoms. The molecule has 0 fully saturated rings. The van der Waals surface area contributed by atoms with Crippen LogP contribution in [-0.4, -0.2) is 30.6 Å². The molecular weight excluding hydrogens is 358 g/mol. The molecule has 1 N–H and O–H groups in total. The molecule has 6 heteroatoms. The number of aliphatic carboxylic acids is 1. The average molecular weight is 381 g/mol. The zero-order valence-corrected chi connectivity index (χ0v) is 16.4. The fourth-order valence-electron chi connectivity index (χ4n) is 2.89. The molecule has 0 unspecified atom stereocenters. The number of ether oxygens (including phenoxy) is 2. The monoisotopic (exact) mass is 381 g/mol. The summed E-state index contributed by atoms with van der Waals surface area (Å²) in [5.41, 5.74) is 1.19. The number of benzene rings is 2. The minimum absolute atomic E-state index is 0.0287. The fraction of sp³-hybridized carbons (Fsp3) is 0.273. The van der Waals surface area contributed by atoms with E-state index in [9.17, 15) is 14.7 Å². The minimum Gasteiger partial charge on any atom is -0.497 e. The SMILES string of the molecule is COc1ccc(/C=C2/Oc3ccc(C)cc3N(CC(C)(C)C(=O)O)C2=O)cc1. The van der Waals surface area contributed by atoms with Crippen LogP contribution < -0.4 is 14.4 Å². The third kappa shape index (κ3) is 3.86. The van der Waals surface area contributed by atoms with Gasteiger partial charge in [-0.15, -0.1) is 0 Å². The van der Waals surface area contributed by atoms with Crippen LogP contribution in [0.1, 0.15) is 25.0 Å². The largest absolute Gasteiger partial charge is 0.497 e. The summed E-state index contributed by atoms with van der Waals surface area (Å²) in [5, 5.41) is 9.52. The van der Waals surface area contributed by atoms with Crippen LogP contribution in [0, 0.1) is 12.3 Å². The molecule has 6 nitrogen and oxygen atoms in total. The maximum absolute atomic E-state index is 13.1. The molecular formula is C22H23NO5. The van der Waals surface area contributed by atoms with Crippen molar-refractivity contribution < 1.29 is 24.2 Å². The molecule has 0 saturated carbocycles. The molecule has 0 aliphatic carbocycles. The van der Waals surface area contributed by atoms with E-state index in [4.69, 9.17) is 9.47 Å². The first kappa shape index (κ1) is 19.5. The molecule has 0 saturated heterocycles. The van der Waals surface area contributed by atoms with Crippen molar-refractivity contribution in [2.45, 2.75) is 20.8 Å². The van der Waals surface area contributed by atoms with Gasteiger partial charge < -0.3 is 19.5 Å². The van der Waals surface area contributed by atoms with E-state index in [1.54, 1.807) is 45.2 Å². The number of rotatable bonds is 5. The summed E-state index contributed by atoms with van der Waals surface area (Å²) >= 11 is 0. The fourth-order valence-corrected chi connectivity index (χ4v) is 2.89. The van der Waals surface area contributed by atoms with Gasteiger partial charge in [0, 0.05) is 6.54 Å². The van der Waals surface area contributed by atoms with Gasteiger partial charge in [-0.2, -0.15) is 0 Å². The quantitative estimate of drug-likeness (QED) is 0.796. The average Bonchev–Trinajstić information content (AvgIpc) is 2.66. The van der Waals surface area contributed by atoms with Gasteiger partial charge >= 0.3 is 5.97 Å². The Kier molecular flexibility index (Phi) is 5.14. The summed E-state index contributed by atoms with van der Waals surface area (Å²) in [5.74, 6) is 0.0301. The van der Waals surface area contributed by atoms with Crippen molar-refractivity contribution in [1.29, 1.82) is 0 Å². The maximum Gasteiger partial charge on any atom is 0.310 e. The van der Waals surface area contributed by atoms with Crippen molar-refractivity contribution in [3.05, 3.63) is 59.4 Å². The van der Waals surface area contributed by atoms with Crippen LogP contribution in [-0.2, 0) is 9.59 Å². The zero-order chi connectivity index (χ0) is 20.5. The number of nitrogens with zero attached hydrogens (tertiary/aromatic N) is 1. The van der Waals surface area contributed by atoms with Crippen molar-refractivity contribution in [3.8, 4) is 11.5 Å². The number of hydrogen-bond acceptors (Lipinski definition) is 4. The summed E-state index contributed by atoms with van der Waals surface area (Å²) in [4.78, 5) is 26.2. The van der Waals surface area contributed by atoms with Gasteiger partial charge in [0.1, 0.15) is 5.75 Å². The molecule has 3 rings (SSSR count). The summed E-state index contributed by atoms with van der Waals surface area (Å²) < 4.78 is 11.0. The van der Waals surface area contributed by atoms with Crippen molar-refractivity contribution >= 4 is 23.6 Å². The van der Waals surface area contributed by atoms with Gasteiger partial charge in [-0.1, -0.05) is 18.2 Å². The zero-order valence-electron chi connectivity index (χ0n) is 16.4. The number of fused-ring (bicyclic) bond motifs is 1. The third-order valence-corrected chi connectivity index (χ3v) is 4.63. The van der Waals surface area contributed by atoms with Crippen LogP contribution in [0.3, 0.4) is 0 Å². The van der Waals surface area contributed by atoms with Crippen LogP contribution in [0.2, 0.25) is 0 Å². The van der Waals surface area contributed by atoms with Gasteiger partial charge in [0.15, 0.2) is 11.5 Å². The molecule has 1 amide bonds. The molecule has 0 radical (unpaired) electrons. The lowest BCUT2D eigenvalue weighted by molar-refractivity contribution is -0.146. The Morgan fingerprint density at radius 2 is 1.89 bits per heavy atom. The van der Waals surface area contributed by atoms with Crippen LogP contribution in [0.4, 0.5) is 5.69 Å². The van der Waals surface area contributed by atoms with Crippen LogP contribution in [0.15, 0.2) is 48.2 Å². The normalized spacial score (nSPS) is 15.2. The second kappa shape index (κ2) is 7.38. The van der Waals surface area contributed by atoms with E-state index in [-0.39, 0.29) is 18.2 Å². The Bertz CT molecular complexity index is 944. The number of methoxy groups -OCH3 is 1. The van der Waals surface area contributed by atoms with Gasteiger partial charge in [-0.3, -0.25) is 9.59 Å². The summed E-state index contributed by atoms with van der Waals surface area (Å²) in [7, 11) is 1.59. The molecule has 1 aliphatic rings. The number of anilines is 1. The van der Waals surface area contributed by atoms with Crippen LogP contribution in [0.5, 0.6) is 11.5 Å². The third-order valence-electron chi connectivity index (χ3n) is 4.63. The van der Waals surface area contributed by atoms with Gasteiger partial charge in [0.25, 0.3) is 5.91 Å². The second-order valence-electron chi connectivity index (χ2n) is 7.44. The van der Waals surface area contributed by atoms with E-state index in [0.717, 1.165) is 11.1 Å². The van der Waals surface area contributed by atoms with Crippen molar-refractivity contribution in [1.82, 2.24) is 0 Å². The van der Waals surface area contributed by atoms with Crippen molar-refractivity contribution in [3.63, 3.8) is 0 Å². The smallest absolute Gasteiger partial charge is 0.310 e. The number of amides is 1. The highest BCUT2D eigenvalue weighted by Gasteiger charge is 2.37. The van der Waals surface area contributed by atoms with Gasteiger partial charge in [-0.05, 0) is 62.2 Å². The first-order valence-electron chi connectivity index (χ1n) is 8.91. The highest BCUT2D eigenvalue weighted by molar-refractivity contribution is 6.10. The van der Waals surface area contributed by atoms with E-state index < -0.39 is 11.4 Å². The Morgan fingerprint density at radius 3 is 2.50 bits per heavy atom. The van der Waals surface area contributed by atoms with Gasteiger partial charge in [0.05, 0.1) is 18.2 Å². The molecule has 2 aromatic rings. The number of carbonyl (C=O) groups is 2. The molecule has 146 valence electrons. The molecule has 28 heavy (non-hydrogen) atoms. The lowest BCUT2D eigenvalue weighted by atomic mass is 9.92. The lowest BCUT2D eigenvalue weighted by Crippen LogP contribution is -2.45. The highest BCUT2D eigenvalue weighted by atomic mass is 16.5. The lowest BCUT2D eigenvalue weighted by Gasteiger charge is -2.34. The Labute approximate surface area is 164 Å². The topological polar surface area (TPSA) is 76.1 Å². The number of carboxylic acids is 1. The Morgan fingerprint density at radius 1 is 1.21 bits per heavy atom. The van der Waals surface area contributed by atoms with Gasteiger partial charge in [0.2, 0.25) is 0 Å². The molecule has 1 heterocycles. The number of carbonyl (C=O) groups excluding carboxylic acids is 1. The number of carboxylic acid groups (broad SMARTS) is 1. The van der Waals surface area contributed by atoms with E-state index in [2.05, 4.69) is 0 Å². The first-order chi connectivity index (χ1) is 13.2. The molecule has 1 aliphatic heterocycles. The van der Waals surface area contributed by atoms with Crippen LogP contribution in [0.25, 0.3) is 6.08 Å².